The molecule has 0 atom stereocenters. The summed E-state index contributed by atoms with van der Waals surface area (Å²) in [7, 11) is 1.30. The van der Waals surface area contributed by atoms with Crippen molar-refractivity contribution >= 4 is 17.4 Å². The van der Waals surface area contributed by atoms with Crippen LogP contribution in [0, 0.1) is 0 Å². The Kier molecular flexibility index (Phi) is 4.23. The highest BCUT2D eigenvalue weighted by Gasteiger charge is 2.25. The number of amides is 1. The SMILES string of the molecule is CON=C(C(C)=O)C(=O)N1CCOCC1. The second-order valence-electron chi connectivity index (χ2n) is 3.08. The molecular weight excluding hydrogens is 200 g/mol. The van der Waals surface area contributed by atoms with E-state index in [1.807, 2.05) is 0 Å². The lowest BCUT2D eigenvalue weighted by molar-refractivity contribution is -0.129. The van der Waals surface area contributed by atoms with E-state index in [0.717, 1.165) is 0 Å². The predicted molar refractivity (Wildman–Crippen MR) is 52.5 cm³/mol. The Morgan fingerprint density at radius 2 is 1.93 bits per heavy atom. The molecule has 1 aliphatic heterocycles. The van der Waals surface area contributed by atoms with Gasteiger partial charge in [0.1, 0.15) is 7.11 Å². The lowest BCUT2D eigenvalue weighted by atomic mass is 10.2. The summed E-state index contributed by atoms with van der Waals surface area (Å²) in [4.78, 5) is 28.9. The first-order chi connectivity index (χ1) is 7.16. The van der Waals surface area contributed by atoms with Gasteiger partial charge in [-0.25, -0.2) is 0 Å². The number of hydrogen-bond donors (Lipinski definition) is 0. The second-order valence-corrected chi connectivity index (χ2v) is 3.08. The van der Waals surface area contributed by atoms with Gasteiger partial charge in [0, 0.05) is 20.0 Å². The van der Waals surface area contributed by atoms with E-state index in [1.165, 1.54) is 18.9 Å². The van der Waals surface area contributed by atoms with Gasteiger partial charge in [0.15, 0.2) is 5.78 Å². The highest BCUT2D eigenvalue weighted by atomic mass is 16.6. The first-order valence-electron chi connectivity index (χ1n) is 4.66. The Morgan fingerprint density at radius 3 is 2.40 bits per heavy atom. The molecular formula is C9H14N2O4. The van der Waals surface area contributed by atoms with Crippen LogP contribution < -0.4 is 0 Å². The molecule has 15 heavy (non-hydrogen) atoms. The molecule has 84 valence electrons. The highest BCUT2D eigenvalue weighted by molar-refractivity contribution is 6.65. The van der Waals surface area contributed by atoms with Gasteiger partial charge in [-0.2, -0.15) is 0 Å². The van der Waals surface area contributed by atoms with Gasteiger partial charge in [-0.1, -0.05) is 5.16 Å². The number of rotatable bonds is 3. The molecule has 0 spiro atoms. The van der Waals surface area contributed by atoms with E-state index < -0.39 is 11.7 Å². The average Bonchev–Trinajstić information content (AvgIpc) is 2.26. The zero-order chi connectivity index (χ0) is 11.3. The van der Waals surface area contributed by atoms with Gasteiger partial charge in [-0.05, 0) is 0 Å². The summed E-state index contributed by atoms with van der Waals surface area (Å²) in [6, 6.07) is 0. The summed E-state index contributed by atoms with van der Waals surface area (Å²) in [6.07, 6.45) is 0. The number of oxime groups is 1. The molecule has 0 bridgehead atoms. The number of morpholine rings is 1. The van der Waals surface area contributed by atoms with Crippen LogP contribution in [0.4, 0.5) is 0 Å². The molecule has 0 aromatic rings. The van der Waals surface area contributed by atoms with Gasteiger partial charge < -0.3 is 14.5 Å². The molecule has 1 fully saturated rings. The normalized spacial score (nSPS) is 17.5. The number of carbonyl (C=O) groups is 2. The summed E-state index contributed by atoms with van der Waals surface area (Å²) in [5.41, 5.74) is -0.167. The van der Waals surface area contributed by atoms with E-state index in [0.29, 0.717) is 26.3 Å². The van der Waals surface area contributed by atoms with Gasteiger partial charge in [0.2, 0.25) is 5.71 Å². The van der Waals surface area contributed by atoms with Crippen molar-refractivity contribution in [1.82, 2.24) is 4.90 Å². The summed E-state index contributed by atoms with van der Waals surface area (Å²) in [5.74, 6) is -0.791. The Hall–Kier alpha value is -1.43. The van der Waals surface area contributed by atoms with Crippen molar-refractivity contribution in [3.8, 4) is 0 Å². The van der Waals surface area contributed by atoms with E-state index in [1.54, 1.807) is 0 Å². The third kappa shape index (κ3) is 3.02. The molecule has 1 saturated heterocycles. The Balaban J connectivity index is 2.71. The van der Waals surface area contributed by atoms with E-state index in [4.69, 9.17) is 4.74 Å². The molecule has 1 aliphatic rings. The number of nitrogens with zero attached hydrogens (tertiary/aromatic N) is 2. The topological polar surface area (TPSA) is 68.2 Å². The van der Waals surface area contributed by atoms with E-state index in [9.17, 15) is 9.59 Å². The van der Waals surface area contributed by atoms with E-state index in [-0.39, 0.29) is 5.71 Å². The Labute approximate surface area is 87.8 Å². The van der Waals surface area contributed by atoms with Crippen molar-refractivity contribution in [3.63, 3.8) is 0 Å². The summed E-state index contributed by atoms with van der Waals surface area (Å²) in [6.45, 7) is 3.23. The van der Waals surface area contributed by atoms with Crippen LogP contribution in [0.5, 0.6) is 0 Å². The number of ketones is 1. The largest absolute Gasteiger partial charge is 0.398 e. The van der Waals surface area contributed by atoms with Gasteiger partial charge in [-0.3, -0.25) is 9.59 Å². The molecule has 0 aromatic heterocycles. The van der Waals surface area contributed by atoms with Crippen LogP contribution in [-0.2, 0) is 19.2 Å². The van der Waals surface area contributed by atoms with Gasteiger partial charge in [0.05, 0.1) is 13.2 Å². The predicted octanol–water partition coefficient (Wildman–Crippen LogP) is -0.563. The monoisotopic (exact) mass is 214 g/mol. The maximum absolute atomic E-state index is 11.8. The van der Waals surface area contributed by atoms with Gasteiger partial charge >= 0.3 is 0 Å². The summed E-state index contributed by atoms with van der Waals surface area (Å²) >= 11 is 0. The quantitative estimate of drug-likeness (QED) is 0.358. The van der Waals surface area contributed by atoms with Crippen LogP contribution in [0.15, 0.2) is 5.16 Å². The van der Waals surface area contributed by atoms with Crippen LogP contribution >= 0.6 is 0 Å². The van der Waals surface area contributed by atoms with Crippen molar-refractivity contribution in [1.29, 1.82) is 0 Å². The van der Waals surface area contributed by atoms with Crippen LogP contribution in [0.25, 0.3) is 0 Å². The Morgan fingerprint density at radius 1 is 1.33 bits per heavy atom. The molecule has 0 radical (unpaired) electrons. The molecule has 0 saturated carbocycles. The average molecular weight is 214 g/mol. The molecule has 0 aromatic carbocycles. The summed E-state index contributed by atoms with van der Waals surface area (Å²) < 4.78 is 5.10. The molecule has 1 rings (SSSR count). The number of hydrogen-bond acceptors (Lipinski definition) is 5. The number of Topliss-reactive ketones (excluding diaryl/α,β-unsaturated/α-hetero) is 1. The van der Waals surface area contributed by atoms with Crippen molar-refractivity contribution in [3.05, 3.63) is 0 Å². The summed E-state index contributed by atoms with van der Waals surface area (Å²) in [5, 5.41) is 3.43. The van der Waals surface area contributed by atoms with Gasteiger partial charge in [0.25, 0.3) is 5.91 Å². The first-order valence-corrected chi connectivity index (χ1v) is 4.66. The zero-order valence-electron chi connectivity index (χ0n) is 8.86. The smallest absolute Gasteiger partial charge is 0.279 e. The third-order valence-corrected chi connectivity index (χ3v) is 2.02. The second kappa shape index (κ2) is 5.45. The van der Waals surface area contributed by atoms with Crippen LogP contribution in [0.3, 0.4) is 0 Å². The maximum atomic E-state index is 11.8. The molecule has 0 unspecified atom stereocenters. The van der Waals surface area contributed by atoms with E-state index in [2.05, 4.69) is 9.99 Å². The zero-order valence-corrected chi connectivity index (χ0v) is 8.86. The molecule has 6 heteroatoms. The lowest BCUT2D eigenvalue weighted by Crippen LogP contribution is -2.45. The van der Waals surface area contributed by atoms with Crippen molar-refractivity contribution in [2.75, 3.05) is 33.4 Å². The highest BCUT2D eigenvalue weighted by Crippen LogP contribution is 2.00. The van der Waals surface area contributed by atoms with Crippen molar-refractivity contribution in [2.45, 2.75) is 6.92 Å². The van der Waals surface area contributed by atoms with Crippen LogP contribution in [0.1, 0.15) is 6.92 Å². The molecule has 0 aliphatic carbocycles. The lowest BCUT2D eigenvalue weighted by Gasteiger charge is -2.26. The number of ether oxygens (including phenoxy) is 1. The Bertz CT molecular complexity index is 282. The molecule has 1 heterocycles. The standard InChI is InChI=1S/C9H14N2O4/c1-7(12)8(10-14-2)9(13)11-3-5-15-6-4-11/h3-6H2,1-2H3. The molecule has 6 nitrogen and oxygen atoms in total. The van der Waals surface area contributed by atoms with Gasteiger partial charge in [-0.15, -0.1) is 0 Å². The van der Waals surface area contributed by atoms with E-state index >= 15 is 0 Å². The van der Waals surface area contributed by atoms with Crippen LogP contribution in [-0.4, -0.2) is 55.7 Å². The third-order valence-electron chi connectivity index (χ3n) is 2.02. The fraction of sp³-hybridized carbons (Fsp3) is 0.667. The fourth-order valence-electron chi connectivity index (χ4n) is 1.26. The first kappa shape index (κ1) is 11.6. The minimum absolute atomic E-state index is 0.167. The minimum Gasteiger partial charge on any atom is -0.398 e. The minimum atomic E-state index is -0.396. The van der Waals surface area contributed by atoms with Crippen LogP contribution in [0.2, 0.25) is 0 Å². The maximum Gasteiger partial charge on any atom is 0.279 e. The number of carbonyl (C=O) groups excluding carboxylic acids is 2. The van der Waals surface area contributed by atoms with Crippen molar-refractivity contribution < 1.29 is 19.2 Å². The molecule has 1 amide bonds. The fourth-order valence-corrected chi connectivity index (χ4v) is 1.26. The van der Waals surface area contributed by atoms with Crippen molar-refractivity contribution in [2.24, 2.45) is 5.16 Å². The molecule has 0 N–H and O–H groups in total.